The molecule has 2 aromatic rings. The van der Waals surface area contributed by atoms with Crippen molar-refractivity contribution in [3.63, 3.8) is 0 Å². The Labute approximate surface area is 115 Å². The second kappa shape index (κ2) is 5.62. The van der Waals surface area contributed by atoms with Gasteiger partial charge in [-0.3, -0.25) is 0 Å². The first-order valence-electron chi connectivity index (χ1n) is 6.87. The minimum atomic E-state index is 0.469. The van der Waals surface area contributed by atoms with E-state index in [2.05, 4.69) is 64.2 Å². The fourth-order valence-corrected chi connectivity index (χ4v) is 2.15. The van der Waals surface area contributed by atoms with Crippen molar-refractivity contribution in [1.29, 1.82) is 0 Å². The lowest BCUT2D eigenvalue weighted by atomic mass is 9.99. The molecule has 2 heteroatoms. The third-order valence-corrected chi connectivity index (χ3v) is 3.45. The lowest BCUT2D eigenvalue weighted by molar-refractivity contribution is 0.473. The predicted octanol–water partition coefficient (Wildman–Crippen LogP) is 4.37. The Bertz CT molecular complexity index is 567. The summed E-state index contributed by atoms with van der Waals surface area (Å²) in [7, 11) is 0. The van der Waals surface area contributed by atoms with Crippen LogP contribution in [-0.2, 0) is 6.54 Å². The molecule has 0 fully saturated rings. The molecule has 0 atom stereocenters. The Morgan fingerprint density at radius 3 is 2.37 bits per heavy atom. The normalized spacial score (nSPS) is 11.3. The summed E-state index contributed by atoms with van der Waals surface area (Å²) in [6.45, 7) is 11.5. The van der Waals surface area contributed by atoms with Gasteiger partial charge in [0.1, 0.15) is 11.5 Å². The van der Waals surface area contributed by atoms with Gasteiger partial charge in [0.25, 0.3) is 0 Å². The van der Waals surface area contributed by atoms with E-state index in [4.69, 9.17) is 4.42 Å². The van der Waals surface area contributed by atoms with Gasteiger partial charge in [0, 0.05) is 11.6 Å². The molecule has 2 rings (SSSR count). The van der Waals surface area contributed by atoms with Crippen molar-refractivity contribution in [2.45, 2.75) is 47.2 Å². The number of hydrogen-bond acceptors (Lipinski definition) is 2. The zero-order valence-corrected chi connectivity index (χ0v) is 12.5. The fourth-order valence-electron chi connectivity index (χ4n) is 2.15. The molecule has 19 heavy (non-hydrogen) atoms. The van der Waals surface area contributed by atoms with Gasteiger partial charge in [-0.2, -0.15) is 0 Å². The van der Waals surface area contributed by atoms with Gasteiger partial charge in [-0.25, -0.2) is 0 Å². The highest BCUT2D eigenvalue weighted by atomic mass is 16.3. The van der Waals surface area contributed by atoms with Crippen molar-refractivity contribution in [2.24, 2.45) is 0 Å². The van der Waals surface area contributed by atoms with Crippen molar-refractivity contribution < 1.29 is 4.42 Å². The fraction of sp³-hybridized carbons (Fsp3) is 0.412. The third kappa shape index (κ3) is 3.27. The molecular weight excluding hydrogens is 234 g/mol. The van der Waals surface area contributed by atoms with E-state index >= 15 is 0 Å². The van der Waals surface area contributed by atoms with E-state index in [-0.39, 0.29) is 0 Å². The van der Waals surface area contributed by atoms with Crippen LogP contribution in [0.5, 0.6) is 0 Å². The number of hydrogen-bond donors (Lipinski definition) is 1. The Morgan fingerprint density at radius 2 is 1.68 bits per heavy atom. The minimum Gasteiger partial charge on any atom is -0.460 e. The summed E-state index contributed by atoms with van der Waals surface area (Å²) in [6.07, 6.45) is 0. The van der Waals surface area contributed by atoms with Crippen LogP contribution < -0.4 is 5.32 Å². The number of rotatable bonds is 4. The average Bonchev–Trinajstić information content (AvgIpc) is 2.80. The number of aryl methyl sites for hydroxylation is 3. The van der Waals surface area contributed by atoms with Crippen molar-refractivity contribution in [3.05, 3.63) is 46.7 Å². The van der Waals surface area contributed by atoms with E-state index in [0.717, 1.165) is 18.1 Å². The summed E-state index contributed by atoms with van der Waals surface area (Å²) in [4.78, 5) is 0. The highest BCUT2D eigenvalue weighted by molar-refractivity contribution is 5.64. The molecule has 1 aromatic heterocycles. The molecule has 1 heterocycles. The molecule has 0 unspecified atom stereocenters. The highest BCUT2D eigenvalue weighted by Gasteiger charge is 2.09. The molecule has 0 saturated carbocycles. The molecule has 0 aliphatic rings. The van der Waals surface area contributed by atoms with Crippen LogP contribution in [0.2, 0.25) is 0 Å². The van der Waals surface area contributed by atoms with Gasteiger partial charge in [0.05, 0.1) is 6.54 Å². The molecule has 2 nitrogen and oxygen atoms in total. The first-order valence-corrected chi connectivity index (χ1v) is 6.87. The summed E-state index contributed by atoms with van der Waals surface area (Å²) >= 11 is 0. The van der Waals surface area contributed by atoms with Crippen molar-refractivity contribution in [1.82, 2.24) is 5.32 Å². The molecule has 1 aromatic carbocycles. The van der Waals surface area contributed by atoms with Crippen molar-refractivity contribution >= 4 is 0 Å². The number of furan rings is 1. The van der Waals surface area contributed by atoms with Gasteiger partial charge in [0.2, 0.25) is 0 Å². The van der Waals surface area contributed by atoms with Crippen LogP contribution in [0.3, 0.4) is 0 Å². The van der Waals surface area contributed by atoms with Gasteiger partial charge in [-0.1, -0.05) is 19.9 Å². The number of benzene rings is 1. The zero-order chi connectivity index (χ0) is 14.0. The maximum atomic E-state index is 5.93. The maximum absolute atomic E-state index is 5.93. The van der Waals surface area contributed by atoms with Gasteiger partial charge in [0.15, 0.2) is 0 Å². The van der Waals surface area contributed by atoms with Crippen LogP contribution in [0.4, 0.5) is 0 Å². The molecule has 0 amide bonds. The summed E-state index contributed by atoms with van der Waals surface area (Å²) in [5.74, 6) is 1.95. The van der Waals surface area contributed by atoms with Crippen LogP contribution in [-0.4, -0.2) is 6.04 Å². The van der Waals surface area contributed by atoms with Gasteiger partial charge >= 0.3 is 0 Å². The minimum absolute atomic E-state index is 0.469. The molecule has 0 aliphatic carbocycles. The van der Waals surface area contributed by atoms with Crippen LogP contribution >= 0.6 is 0 Å². The van der Waals surface area contributed by atoms with Crippen LogP contribution in [0.1, 0.15) is 36.3 Å². The first-order chi connectivity index (χ1) is 8.97. The average molecular weight is 257 g/mol. The van der Waals surface area contributed by atoms with Gasteiger partial charge in [-0.05, 0) is 55.7 Å². The van der Waals surface area contributed by atoms with E-state index in [1.54, 1.807) is 0 Å². The Kier molecular flexibility index (Phi) is 4.11. The monoisotopic (exact) mass is 257 g/mol. The maximum Gasteiger partial charge on any atom is 0.134 e. The molecule has 0 aliphatic heterocycles. The molecule has 0 radical (unpaired) electrons. The predicted molar refractivity (Wildman–Crippen MR) is 80.3 cm³/mol. The van der Waals surface area contributed by atoms with E-state index < -0.39 is 0 Å². The number of nitrogens with one attached hydrogen (secondary N) is 1. The lowest BCUT2D eigenvalue weighted by Crippen LogP contribution is -2.21. The lowest BCUT2D eigenvalue weighted by Gasteiger charge is -2.08. The standard InChI is InChI=1S/C17H23NO/c1-11(2)18-10-15-6-7-17(19-15)16-9-13(4)12(3)8-14(16)5/h6-9,11,18H,10H2,1-5H3. The summed E-state index contributed by atoms with van der Waals surface area (Å²) < 4.78 is 5.93. The quantitative estimate of drug-likeness (QED) is 0.879. The summed E-state index contributed by atoms with van der Waals surface area (Å²) in [6, 6.07) is 9.02. The van der Waals surface area contributed by atoms with Gasteiger partial charge in [-0.15, -0.1) is 0 Å². The van der Waals surface area contributed by atoms with Crippen LogP contribution in [0.25, 0.3) is 11.3 Å². The molecule has 102 valence electrons. The second-order valence-corrected chi connectivity index (χ2v) is 5.55. The molecule has 0 saturated heterocycles. The summed E-state index contributed by atoms with van der Waals surface area (Å²) in [5.41, 5.74) is 5.09. The smallest absolute Gasteiger partial charge is 0.134 e. The molecular formula is C17H23NO. The molecule has 0 bridgehead atoms. The van der Waals surface area contributed by atoms with E-state index in [9.17, 15) is 0 Å². The Morgan fingerprint density at radius 1 is 1.00 bits per heavy atom. The van der Waals surface area contributed by atoms with Crippen molar-refractivity contribution in [3.8, 4) is 11.3 Å². The van der Waals surface area contributed by atoms with E-state index in [1.807, 2.05) is 0 Å². The SMILES string of the molecule is Cc1cc(C)c(-c2ccc(CNC(C)C)o2)cc1C. The Hall–Kier alpha value is -1.54. The van der Waals surface area contributed by atoms with E-state index in [1.165, 1.54) is 22.3 Å². The molecule has 0 spiro atoms. The zero-order valence-electron chi connectivity index (χ0n) is 12.5. The van der Waals surface area contributed by atoms with Crippen LogP contribution in [0, 0.1) is 20.8 Å². The van der Waals surface area contributed by atoms with Crippen molar-refractivity contribution in [2.75, 3.05) is 0 Å². The highest BCUT2D eigenvalue weighted by Crippen LogP contribution is 2.28. The second-order valence-electron chi connectivity index (χ2n) is 5.55. The Balaban J connectivity index is 2.25. The van der Waals surface area contributed by atoms with Gasteiger partial charge < -0.3 is 9.73 Å². The molecule has 1 N–H and O–H groups in total. The van der Waals surface area contributed by atoms with Crippen LogP contribution in [0.15, 0.2) is 28.7 Å². The first kappa shape index (κ1) is 13.9. The van der Waals surface area contributed by atoms with E-state index in [0.29, 0.717) is 6.04 Å². The topological polar surface area (TPSA) is 25.2 Å². The third-order valence-electron chi connectivity index (χ3n) is 3.45. The summed E-state index contributed by atoms with van der Waals surface area (Å²) in [5, 5.41) is 3.37. The largest absolute Gasteiger partial charge is 0.460 e.